The molecule has 0 aliphatic heterocycles. The summed E-state index contributed by atoms with van der Waals surface area (Å²) in [6, 6.07) is 9.37. The van der Waals surface area contributed by atoms with Crippen LogP contribution in [0.3, 0.4) is 0 Å². The third kappa shape index (κ3) is 3.33. The van der Waals surface area contributed by atoms with Crippen LogP contribution in [0.5, 0.6) is 0 Å². The van der Waals surface area contributed by atoms with Crippen molar-refractivity contribution in [2.45, 2.75) is 25.0 Å². The second kappa shape index (κ2) is 7.65. The lowest BCUT2D eigenvalue weighted by Gasteiger charge is -2.49. The summed E-state index contributed by atoms with van der Waals surface area (Å²) >= 11 is 0. The van der Waals surface area contributed by atoms with Crippen LogP contribution in [0.2, 0.25) is 0 Å². The van der Waals surface area contributed by atoms with Crippen LogP contribution in [0, 0.1) is 0 Å². The summed E-state index contributed by atoms with van der Waals surface area (Å²) < 4.78 is -0.187. The Morgan fingerprint density at radius 1 is 0.800 bits per heavy atom. The number of rotatable bonds is 8. The molecule has 0 bridgehead atoms. The predicted octanol–water partition coefficient (Wildman–Crippen LogP) is -2.17. The molecule has 0 radical (unpaired) electrons. The lowest BCUT2D eigenvalue weighted by Crippen LogP contribution is -2.76. The SMILES string of the molecule is NC(CO)[N+](Cc1ccccc1)(C(N)CO)C(N)CO. The van der Waals surface area contributed by atoms with Crippen molar-refractivity contribution in [3.63, 3.8) is 0 Å². The molecule has 0 aliphatic carbocycles. The fraction of sp³-hybridized carbons (Fsp3) is 0.538. The number of quaternary nitrogens is 1. The lowest BCUT2D eigenvalue weighted by atomic mass is 10.1. The van der Waals surface area contributed by atoms with Gasteiger partial charge < -0.3 is 15.3 Å². The molecule has 0 saturated heterocycles. The second-order valence-corrected chi connectivity index (χ2v) is 4.89. The van der Waals surface area contributed by atoms with Gasteiger partial charge in [-0.15, -0.1) is 0 Å². The number of nitrogens with two attached hydrogens (primary N) is 3. The van der Waals surface area contributed by atoms with Gasteiger partial charge in [0, 0.05) is 5.56 Å². The minimum Gasteiger partial charge on any atom is -0.389 e. The smallest absolute Gasteiger partial charge is 0.166 e. The number of aliphatic hydroxyl groups excluding tert-OH is 3. The molecule has 0 fully saturated rings. The Balaban J connectivity index is 3.21. The Morgan fingerprint density at radius 3 is 1.55 bits per heavy atom. The van der Waals surface area contributed by atoms with Gasteiger partial charge in [-0.3, -0.25) is 21.7 Å². The molecule has 1 rings (SSSR count). The van der Waals surface area contributed by atoms with Crippen LogP contribution in [-0.2, 0) is 6.54 Å². The van der Waals surface area contributed by atoms with E-state index in [1.807, 2.05) is 30.3 Å². The molecule has 9 N–H and O–H groups in total. The average molecular weight is 285 g/mol. The molecule has 0 saturated carbocycles. The van der Waals surface area contributed by atoms with E-state index in [9.17, 15) is 15.3 Å². The molecule has 0 spiro atoms. The fourth-order valence-corrected chi connectivity index (χ4v) is 2.45. The van der Waals surface area contributed by atoms with Crippen molar-refractivity contribution >= 4 is 0 Å². The number of aliphatic hydroxyl groups is 3. The lowest BCUT2D eigenvalue weighted by molar-refractivity contribution is -1.01. The normalized spacial score (nSPS) is 19.1. The molecule has 20 heavy (non-hydrogen) atoms. The van der Waals surface area contributed by atoms with Crippen molar-refractivity contribution in [2.75, 3.05) is 19.8 Å². The Bertz CT molecular complexity index is 364. The molecule has 7 heteroatoms. The van der Waals surface area contributed by atoms with E-state index < -0.39 is 18.5 Å². The molecule has 1 aromatic rings. The number of hydrogen-bond donors (Lipinski definition) is 6. The second-order valence-electron chi connectivity index (χ2n) is 4.89. The first-order valence-corrected chi connectivity index (χ1v) is 6.53. The third-order valence-corrected chi connectivity index (χ3v) is 3.71. The highest BCUT2D eigenvalue weighted by Gasteiger charge is 2.45. The first-order chi connectivity index (χ1) is 9.52. The molecule has 0 heterocycles. The van der Waals surface area contributed by atoms with E-state index in [1.54, 1.807) is 0 Å². The Hall–Kier alpha value is -1.06. The van der Waals surface area contributed by atoms with Crippen LogP contribution in [0.15, 0.2) is 30.3 Å². The number of nitrogens with zero attached hydrogens (tertiary/aromatic N) is 1. The van der Waals surface area contributed by atoms with Crippen LogP contribution in [0.4, 0.5) is 0 Å². The minimum absolute atomic E-state index is 0.187. The molecule has 1 aromatic carbocycles. The van der Waals surface area contributed by atoms with Gasteiger partial charge in [0.25, 0.3) is 0 Å². The van der Waals surface area contributed by atoms with Crippen molar-refractivity contribution in [1.29, 1.82) is 0 Å². The van der Waals surface area contributed by atoms with Gasteiger partial charge in [0.2, 0.25) is 0 Å². The molecule has 7 nitrogen and oxygen atoms in total. The first-order valence-electron chi connectivity index (χ1n) is 6.53. The van der Waals surface area contributed by atoms with Gasteiger partial charge in [0.05, 0.1) is 0 Å². The van der Waals surface area contributed by atoms with Crippen LogP contribution in [-0.4, -0.2) is 58.1 Å². The van der Waals surface area contributed by atoms with Crippen LogP contribution in [0.1, 0.15) is 5.56 Å². The summed E-state index contributed by atoms with van der Waals surface area (Å²) in [5.41, 5.74) is 18.9. The fourth-order valence-electron chi connectivity index (χ4n) is 2.45. The van der Waals surface area contributed by atoms with Gasteiger partial charge in [-0.1, -0.05) is 30.3 Å². The van der Waals surface area contributed by atoms with E-state index in [-0.39, 0.29) is 24.3 Å². The summed E-state index contributed by atoms with van der Waals surface area (Å²) in [4.78, 5) is 0. The maximum absolute atomic E-state index is 9.42. The van der Waals surface area contributed by atoms with Crippen molar-refractivity contribution in [3.05, 3.63) is 35.9 Å². The highest BCUT2D eigenvalue weighted by Crippen LogP contribution is 2.22. The van der Waals surface area contributed by atoms with Gasteiger partial charge in [0.1, 0.15) is 26.4 Å². The molecule has 3 atom stereocenters. The van der Waals surface area contributed by atoms with E-state index in [2.05, 4.69) is 0 Å². The molecule has 0 amide bonds. The van der Waals surface area contributed by atoms with Crippen molar-refractivity contribution < 1.29 is 19.8 Å². The Morgan fingerprint density at radius 2 is 1.20 bits per heavy atom. The summed E-state index contributed by atoms with van der Waals surface area (Å²) in [5.74, 6) is 0. The average Bonchev–Trinajstić information content (AvgIpc) is 2.51. The third-order valence-electron chi connectivity index (χ3n) is 3.71. The molecule has 114 valence electrons. The highest BCUT2D eigenvalue weighted by molar-refractivity contribution is 5.13. The molecule has 0 aliphatic rings. The van der Waals surface area contributed by atoms with Crippen LogP contribution < -0.4 is 17.2 Å². The van der Waals surface area contributed by atoms with Gasteiger partial charge in [-0.25, -0.2) is 0 Å². The molecular weight excluding hydrogens is 260 g/mol. The monoisotopic (exact) mass is 285 g/mol. The van der Waals surface area contributed by atoms with Crippen molar-refractivity contribution in [3.8, 4) is 0 Å². The summed E-state index contributed by atoms with van der Waals surface area (Å²) in [5, 5.41) is 28.3. The van der Waals surface area contributed by atoms with E-state index in [0.29, 0.717) is 6.54 Å². The summed E-state index contributed by atoms with van der Waals surface area (Å²) in [7, 11) is 0. The Labute approximate surface area is 118 Å². The van der Waals surface area contributed by atoms with E-state index in [1.165, 1.54) is 0 Å². The number of hydrogen-bond acceptors (Lipinski definition) is 6. The van der Waals surface area contributed by atoms with Gasteiger partial charge in [-0.05, 0) is 0 Å². The topological polar surface area (TPSA) is 139 Å². The quantitative estimate of drug-likeness (QED) is 0.237. The van der Waals surface area contributed by atoms with Gasteiger partial charge >= 0.3 is 0 Å². The van der Waals surface area contributed by atoms with E-state index in [4.69, 9.17) is 17.2 Å². The maximum Gasteiger partial charge on any atom is 0.166 e. The minimum atomic E-state index is -0.806. The van der Waals surface area contributed by atoms with Crippen LogP contribution in [0.25, 0.3) is 0 Å². The van der Waals surface area contributed by atoms with E-state index in [0.717, 1.165) is 5.56 Å². The van der Waals surface area contributed by atoms with Crippen molar-refractivity contribution in [1.82, 2.24) is 0 Å². The van der Waals surface area contributed by atoms with Crippen LogP contribution >= 0.6 is 0 Å². The largest absolute Gasteiger partial charge is 0.389 e. The molecular formula is C13H25N4O3+. The van der Waals surface area contributed by atoms with Gasteiger partial charge in [0.15, 0.2) is 18.5 Å². The molecule has 3 unspecified atom stereocenters. The predicted molar refractivity (Wildman–Crippen MR) is 75.6 cm³/mol. The zero-order valence-electron chi connectivity index (χ0n) is 11.5. The Kier molecular flexibility index (Phi) is 6.50. The zero-order chi connectivity index (χ0) is 15.2. The first kappa shape index (κ1) is 17.0. The number of benzene rings is 1. The molecule has 0 aromatic heterocycles. The van der Waals surface area contributed by atoms with Crippen molar-refractivity contribution in [2.24, 2.45) is 17.2 Å². The van der Waals surface area contributed by atoms with E-state index >= 15 is 0 Å². The zero-order valence-corrected chi connectivity index (χ0v) is 11.5. The van der Waals surface area contributed by atoms with Gasteiger partial charge in [-0.2, -0.15) is 0 Å². The summed E-state index contributed by atoms with van der Waals surface area (Å²) in [6.45, 7) is -0.747. The summed E-state index contributed by atoms with van der Waals surface area (Å²) in [6.07, 6.45) is -2.42. The highest BCUT2D eigenvalue weighted by atomic mass is 16.3. The standard InChI is InChI=1S/C13H25N4O3/c14-11(7-18)17(12(15)8-19,13(16)9-20)6-10-4-2-1-3-5-10/h1-5,11-13,18-20H,6-9,14-16H2/q+1. The maximum atomic E-state index is 9.42.